The zero-order chi connectivity index (χ0) is 16.8. The van der Waals surface area contributed by atoms with Crippen LogP contribution in [0.4, 0.5) is 0 Å². The average Bonchev–Trinajstić information content (AvgIpc) is 2.55. The second-order valence-electron chi connectivity index (χ2n) is 4.77. The van der Waals surface area contributed by atoms with Crippen molar-refractivity contribution in [1.29, 1.82) is 0 Å². The molecule has 0 saturated heterocycles. The largest absolute Gasteiger partial charge is 0.493 e. The Morgan fingerprint density at radius 2 is 1.87 bits per heavy atom. The van der Waals surface area contributed by atoms with E-state index in [9.17, 15) is 4.79 Å². The number of halogens is 1. The third kappa shape index (κ3) is 4.23. The Morgan fingerprint density at radius 3 is 2.52 bits per heavy atom. The highest BCUT2D eigenvalue weighted by Gasteiger charge is 2.08. The summed E-state index contributed by atoms with van der Waals surface area (Å²) in [4.78, 5) is 12.0. The summed E-state index contributed by atoms with van der Waals surface area (Å²) < 4.78 is 10.5. The Kier molecular flexibility index (Phi) is 5.60. The minimum absolute atomic E-state index is 0.332. The summed E-state index contributed by atoms with van der Waals surface area (Å²) in [5.74, 6) is 0.910. The highest BCUT2D eigenvalue weighted by Crippen LogP contribution is 2.29. The predicted octanol–water partition coefficient (Wildman–Crippen LogP) is 3.43. The van der Waals surface area contributed by atoms with Crippen LogP contribution in [0.15, 0.2) is 41.5 Å². The molecule has 0 heterocycles. The second kappa shape index (κ2) is 7.65. The number of methoxy groups -OCH3 is 2. The molecule has 0 aromatic heterocycles. The van der Waals surface area contributed by atoms with Crippen molar-refractivity contribution in [2.45, 2.75) is 6.92 Å². The third-order valence-electron chi connectivity index (χ3n) is 3.23. The lowest BCUT2D eigenvalue weighted by Crippen LogP contribution is -2.17. The van der Waals surface area contributed by atoms with Crippen molar-refractivity contribution in [3.05, 3.63) is 58.1 Å². The predicted molar refractivity (Wildman–Crippen MR) is 90.8 cm³/mol. The van der Waals surface area contributed by atoms with Gasteiger partial charge in [-0.3, -0.25) is 4.79 Å². The summed E-state index contributed by atoms with van der Waals surface area (Å²) in [5.41, 5.74) is 4.67. The zero-order valence-electron chi connectivity index (χ0n) is 13.1. The first-order valence-electron chi connectivity index (χ1n) is 6.86. The normalized spacial score (nSPS) is 10.6. The number of carbonyl (C=O) groups excluding carboxylic acids is 1. The molecule has 120 valence electrons. The van der Waals surface area contributed by atoms with Gasteiger partial charge in [0.05, 0.1) is 20.4 Å². The van der Waals surface area contributed by atoms with Crippen LogP contribution in [0.1, 0.15) is 21.5 Å². The Hall–Kier alpha value is -2.53. The maximum atomic E-state index is 12.0. The van der Waals surface area contributed by atoms with E-state index in [0.29, 0.717) is 22.1 Å². The standard InChI is InChI=1S/C17H17ClN2O3/c1-11-7-15(22-2)16(23-3)9-13(11)10-19-20-17(21)12-5-4-6-14(18)8-12/h4-10H,1-3H3,(H,20,21)/b19-10-. The molecule has 0 radical (unpaired) electrons. The number of hydrogen-bond donors (Lipinski definition) is 1. The van der Waals surface area contributed by atoms with Crippen molar-refractivity contribution in [2.24, 2.45) is 5.10 Å². The topological polar surface area (TPSA) is 59.9 Å². The number of carbonyl (C=O) groups is 1. The number of hydrogen-bond acceptors (Lipinski definition) is 4. The molecule has 6 heteroatoms. The van der Waals surface area contributed by atoms with E-state index in [0.717, 1.165) is 11.1 Å². The summed E-state index contributed by atoms with van der Waals surface area (Å²) in [5, 5.41) is 4.47. The molecule has 0 fully saturated rings. The Labute approximate surface area is 139 Å². The van der Waals surface area contributed by atoms with Crippen molar-refractivity contribution >= 4 is 23.7 Å². The molecule has 23 heavy (non-hydrogen) atoms. The van der Waals surface area contributed by atoms with Crippen molar-refractivity contribution in [2.75, 3.05) is 14.2 Å². The van der Waals surface area contributed by atoms with Crippen LogP contribution in [0.2, 0.25) is 5.02 Å². The molecule has 5 nitrogen and oxygen atoms in total. The van der Waals surface area contributed by atoms with E-state index in [1.807, 2.05) is 13.0 Å². The van der Waals surface area contributed by atoms with Crippen molar-refractivity contribution < 1.29 is 14.3 Å². The van der Waals surface area contributed by atoms with Crippen molar-refractivity contribution in [1.82, 2.24) is 5.43 Å². The number of rotatable bonds is 5. The number of hydrazone groups is 1. The molecular weight excluding hydrogens is 316 g/mol. The van der Waals surface area contributed by atoms with Crippen LogP contribution in [0.5, 0.6) is 11.5 Å². The van der Waals surface area contributed by atoms with Gasteiger partial charge in [0, 0.05) is 16.1 Å². The molecule has 0 spiro atoms. The number of nitrogens with zero attached hydrogens (tertiary/aromatic N) is 1. The van der Waals surface area contributed by atoms with Gasteiger partial charge in [-0.2, -0.15) is 5.10 Å². The lowest BCUT2D eigenvalue weighted by molar-refractivity contribution is 0.0955. The highest BCUT2D eigenvalue weighted by molar-refractivity contribution is 6.30. The van der Waals surface area contributed by atoms with Gasteiger partial charge >= 0.3 is 0 Å². The van der Waals surface area contributed by atoms with E-state index >= 15 is 0 Å². The summed E-state index contributed by atoms with van der Waals surface area (Å²) in [6.07, 6.45) is 1.56. The molecule has 2 aromatic rings. The molecule has 0 aliphatic carbocycles. The average molecular weight is 333 g/mol. The van der Waals surface area contributed by atoms with Crippen LogP contribution in [-0.4, -0.2) is 26.3 Å². The number of amides is 1. The summed E-state index contributed by atoms with van der Waals surface area (Å²) in [7, 11) is 3.14. The maximum absolute atomic E-state index is 12.0. The molecule has 0 aliphatic heterocycles. The van der Waals surface area contributed by atoms with Crippen molar-refractivity contribution in [3.63, 3.8) is 0 Å². The van der Waals surface area contributed by atoms with E-state index in [2.05, 4.69) is 10.5 Å². The summed E-state index contributed by atoms with van der Waals surface area (Å²) >= 11 is 5.86. The molecular formula is C17H17ClN2O3. The molecule has 1 N–H and O–H groups in total. The highest BCUT2D eigenvalue weighted by atomic mass is 35.5. The fourth-order valence-electron chi connectivity index (χ4n) is 1.99. The van der Waals surface area contributed by atoms with Gasteiger partial charge in [-0.25, -0.2) is 5.43 Å². The molecule has 2 rings (SSSR count). The van der Waals surface area contributed by atoms with Crippen LogP contribution < -0.4 is 14.9 Å². The van der Waals surface area contributed by atoms with Crippen molar-refractivity contribution in [3.8, 4) is 11.5 Å². The Balaban J connectivity index is 2.13. The van der Waals surface area contributed by atoms with Gasteiger partial charge in [0.1, 0.15) is 0 Å². The Morgan fingerprint density at radius 1 is 1.17 bits per heavy atom. The van der Waals surface area contributed by atoms with Crippen LogP contribution >= 0.6 is 11.6 Å². The summed E-state index contributed by atoms with van der Waals surface area (Å²) in [6, 6.07) is 10.3. The zero-order valence-corrected chi connectivity index (χ0v) is 13.8. The fourth-order valence-corrected chi connectivity index (χ4v) is 2.18. The number of benzene rings is 2. The van der Waals surface area contributed by atoms with Crippen LogP contribution in [0.3, 0.4) is 0 Å². The molecule has 2 aromatic carbocycles. The Bertz CT molecular complexity index is 745. The first-order valence-corrected chi connectivity index (χ1v) is 7.24. The monoisotopic (exact) mass is 332 g/mol. The smallest absolute Gasteiger partial charge is 0.271 e. The van der Waals surface area contributed by atoms with Gasteiger partial charge in [0.15, 0.2) is 11.5 Å². The molecule has 0 atom stereocenters. The van der Waals surface area contributed by atoms with E-state index in [4.69, 9.17) is 21.1 Å². The lowest BCUT2D eigenvalue weighted by atomic mass is 10.1. The lowest BCUT2D eigenvalue weighted by Gasteiger charge is -2.10. The van der Waals surface area contributed by atoms with Crippen LogP contribution in [-0.2, 0) is 0 Å². The van der Waals surface area contributed by atoms with E-state index < -0.39 is 0 Å². The van der Waals surface area contributed by atoms with Gasteiger partial charge in [-0.05, 0) is 42.8 Å². The molecule has 1 amide bonds. The van der Waals surface area contributed by atoms with Gasteiger partial charge in [0.2, 0.25) is 0 Å². The van der Waals surface area contributed by atoms with Crippen LogP contribution in [0, 0.1) is 6.92 Å². The van der Waals surface area contributed by atoms with Gasteiger partial charge in [0.25, 0.3) is 5.91 Å². The molecule has 0 aliphatic rings. The first kappa shape index (κ1) is 16.8. The number of aryl methyl sites for hydroxylation is 1. The van der Waals surface area contributed by atoms with E-state index in [1.54, 1.807) is 50.8 Å². The molecule has 0 unspecified atom stereocenters. The maximum Gasteiger partial charge on any atom is 0.271 e. The number of ether oxygens (including phenoxy) is 2. The SMILES string of the molecule is COc1cc(C)c(/C=N\NC(=O)c2cccc(Cl)c2)cc1OC. The summed E-state index contributed by atoms with van der Waals surface area (Å²) in [6.45, 7) is 1.92. The van der Waals surface area contributed by atoms with Gasteiger partial charge < -0.3 is 9.47 Å². The molecule has 0 saturated carbocycles. The fraction of sp³-hybridized carbons (Fsp3) is 0.176. The van der Waals surface area contributed by atoms with Gasteiger partial charge in [-0.1, -0.05) is 17.7 Å². The second-order valence-corrected chi connectivity index (χ2v) is 5.21. The first-order chi connectivity index (χ1) is 11.0. The van der Waals surface area contributed by atoms with Crippen LogP contribution in [0.25, 0.3) is 0 Å². The van der Waals surface area contributed by atoms with Gasteiger partial charge in [-0.15, -0.1) is 0 Å². The minimum atomic E-state index is -0.332. The molecule has 0 bridgehead atoms. The van der Waals surface area contributed by atoms with E-state index in [1.165, 1.54) is 0 Å². The minimum Gasteiger partial charge on any atom is -0.493 e. The van der Waals surface area contributed by atoms with E-state index in [-0.39, 0.29) is 5.91 Å². The quantitative estimate of drug-likeness (QED) is 0.674. The third-order valence-corrected chi connectivity index (χ3v) is 3.46. The number of nitrogens with one attached hydrogen (secondary N) is 1.